The van der Waals surface area contributed by atoms with Crippen molar-refractivity contribution in [1.29, 1.82) is 5.41 Å². The first kappa shape index (κ1) is 21.0. The van der Waals surface area contributed by atoms with E-state index in [1.165, 1.54) is 6.21 Å². The van der Waals surface area contributed by atoms with Gasteiger partial charge in [0.05, 0.1) is 11.8 Å². The Morgan fingerprint density at radius 1 is 1.15 bits per heavy atom. The van der Waals surface area contributed by atoms with Gasteiger partial charge < -0.3 is 15.6 Å². The van der Waals surface area contributed by atoms with E-state index >= 15 is 0 Å². The Bertz CT molecular complexity index is 1210. The monoisotopic (exact) mass is 439 g/mol. The van der Waals surface area contributed by atoms with E-state index < -0.39 is 5.41 Å². The molecular formula is C26H25N5O2. The molecule has 1 unspecified atom stereocenters. The van der Waals surface area contributed by atoms with Crippen molar-refractivity contribution in [2.24, 2.45) is 11.3 Å². The van der Waals surface area contributed by atoms with Gasteiger partial charge in [-0.1, -0.05) is 30.3 Å². The molecule has 1 saturated carbocycles. The van der Waals surface area contributed by atoms with Crippen LogP contribution in [0.2, 0.25) is 0 Å². The predicted octanol–water partition coefficient (Wildman–Crippen LogP) is 4.11. The third kappa shape index (κ3) is 4.14. The summed E-state index contributed by atoms with van der Waals surface area (Å²) in [5, 5.41) is 10.7. The average Bonchev–Trinajstić information content (AvgIpc) is 3.63. The molecule has 1 aliphatic heterocycles. The molecule has 1 aromatic carbocycles. The molecule has 5 rings (SSSR count). The number of carbonyl (C=O) groups is 2. The topological polar surface area (TPSA) is 99.0 Å². The number of aromatic nitrogens is 2. The molecule has 2 fully saturated rings. The van der Waals surface area contributed by atoms with E-state index in [-0.39, 0.29) is 24.2 Å². The fourth-order valence-electron chi connectivity index (χ4n) is 4.65. The first-order valence-electron chi connectivity index (χ1n) is 11.2. The van der Waals surface area contributed by atoms with E-state index in [0.717, 1.165) is 29.5 Å². The summed E-state index contributed by atoms with van der Waals surface area (Å²) in [6.07, 6.45) is 9.36. The summed E-state index contributed by atoms with van der Waals surface area (Å²) >= 11 is 0. The molecule has 2 aromatic heterocycles. The molecule has 2 N–H and O–H groups in total. The highest BCUT2D eigenvalue weighted by molar-refractivity contribution is 6.09. The van der Waals surface area contributed by atoms with Crippen molar-refractivity contribution < 1.29 is 9.59 Å². The van der Waals surface area contributed by atoms with Gasteiger partial charge in [0.1, 0.15) is 5.82 Å². The van der Waals surface area contributed by atoms with E-state index in [1.54, 1.807) is 35.6 Å². The highest BCUT2D eigenvalue weighted by atomic mass is 16.2. The SMILES string of the molecule is N=CC1(C2CC2)CCN(c2ccnc(NC(=O)Cc3cccc(-c4cccnc4)c3)c2)C1=O. The molecule has 2 amide bonds. The van der Waals surface area contributed by atoms with Crippen LogP contribution in [0.15, 0.2) is 67.1 Å². The van der Waals surface area contributed by atoms with E-state index in [0.29, 0.717) is 24.5 Å². The fraction of sp³-hybridized carbons (Fsp3) is 0.269. The minimum absolute atomic E-state index is 0.0179. The van der Waals surface area contributed by atoms with Gasteiger partial charge in [0.2, 0.25) is 11.8 Å². The minimum Gasteiger partial charge on any atom is -0.312 e. The largest absolute Gasteiger partial charge is 0.312 e. The van der Waals surface area contributed by atoms with Crippen LogP contribution in [0.25, 0.3) is 11.1 Å². The van der Waals surface area contributed by atoms with Crippen LogP contribution in [0, 0.1) is 16.7 Å². The number of pyridine rings is 2. The molecule has 1 saturated heterocycles. The second kappa shape index (κ2) is 8.58. The smallest absolute Gasteiger partial charge is 0.238 e. The molecule has 166 valence electrons. The van der Waals surface area contributed by atoms with Crippen LogP contribution in [0.4, 0.5) is 11.5 Å². The zero-order chi connectivity index (χ0) is 22.8. The number of nitrogens with one attached hydrogen (secondary N) is 2. The summed E-state index contributed by atoms with van der Waals surface area (Å²) in [6.45, 7) is 0.573. The summed E-state index contributed by atoms with van der Waals surface area (Å²) in [7, 11) is 0. The fourth-order valence-corrected chi connectivity index (χ4v) is 4.65. The highest BCUT2D eigenvalue weighted by Gasteiger charge is 2.54. The van der Waals surface area contributed by atoms with Crippen molar-refractivity contribution in [2.45, 2.75) is 25.7 Å². The lowest BCUT2D eigenvalue weighted by atomic mass is 9.82. The number of hydrogen-bond donors (Lipinski definition) is 2. The van der Waals surface area contributed by atoms with Crippen molar-refractivity contribution in [3.05, 3.63) is 72.7 Å². The predicted molar refractivity (Wildman–Crippen MR) is 127 cm³/mol. The van der Waals surface area contributed by atoms with Crippen molar-refractivity contribution in [3.8, 4) is 11.1 Å². The lowest BCUT2D eigenvalue weighted by Gasteiger charge is -2.23. The third-order valence-corrected chi connectivity index (χ3v) is 6.57. The molecule has 1 atom stereocenters. The molecular weight excluding hydrogens is 414 g/mol. The Balaban J connectivity index is 1.27. The average molecular weight is 440 g/mol. The van der Waals surface area contributed by atoms with Crippen LogP contribution in [0.3, 0.4) is 0 Å². The Morgan fingerprint density at radius 2 is 2.00 bits per heavy atom. The van der Waals surface area contributed by atoms with Crippen LogP contribution in [-0.2, 0) is 16.0 Å². The lowest BCUT2D eigenvalue weighted by Crippen LogP contribution is -2.37. The summed E-state index contributed by atoms with van der Waals surface area (Å²) in [4.78, 5) is 36.0. The number of carbonyl (C=O) groups excluding carboxylic acids is 2. The molecule has 0 bridgehead atoms. The molecule has 1 aliphatic carbocycles. The van der Waals surface area contributed by atoms with Gasteiger partial charge in [0, 0.05) is 43.1 Å². The first-order valence-corrected chi connectivity index (χ1v) is 11.2. The van der Waals surface area contributed by atoms with Crippen LogP contribution < -0.4 is 10.2 Å². The van der Waals surface area contributed by atoms with Crippen LogP contribution in [0.5, 0.6) is 0 Å². The number of rotatable bonds is 7. The maximum atomic E-state index is 13.1. The quantitative estimate of drug-likeness (QED) is 0.541. The van der Waals surface area contributed by atoms with Gasteiger partial charge in [-0.25, -0.2) is 4.98 Å². The van der Waals surface area contributed by atoms with Gasteiger partial charge >= 0.3 is 0 Å². The minimum atomic E-state index is -0.661. The second-order valence-corrected chi connectivity index (χ2v) is 8.73. The van der Waals surface area contributed by atoms with Crippen molar-refractivity contribution in [2.75, 3.05) is 16.8 Å². The van der Waals surface area contributed by atoms with Gasteiger partial charge in [-0.2, -0.15) is 0 Å². The van der Waals surface area contributed by atoms with Gasteiger partial charge in [-0.05, 0) is 54.0 Å². The molecule has 3 aromatic rings. The highest BCUT2D eigenvalue weighted by Crippen LogP contribution is 2.51. The van der Waals surface area contributed by atoms with Crippen LogP contribution >= 0.6 is 0 Å². The Kier molecular flexibility index (Phi) is 5.46. The Morgan fingerprint density at radius 3 is 2.76 bits per heavy atom. The van der Waals surface area contributed by atoms with Gasteiger partial charge in [0.15, 0.2) is 0 Å². The maximum Gasteiger partial charge on any atom is 0.238 e. The number of amides is 2. The van der Waals surface area contributed by atoms with E-state index in [9.17, 15) is 9.59 Å². The molecule has 33 heavy (non-hydrogen) atoms. The third-order valence-electron chi connectivity index (χ3n) is 6.57. The van der Waals surface area contributed by atoms with Crippen LogP contribution in [-0.4, -0.2) is 34.5 Å². The summed E-state index contributed by atoms with van der Waals surface area (Å²) in [6, 6.07) is 15.2. The number of hydrogen-bond acceptors (Lipinski definition) is 5. The Labute approximate surface area is 192 Å². The van der Waals surface area contributed by atoms with Gasteiger partial charge in [-0.15, -0.1) is 0 Å². The summed E-state index contributed by atoms with van der Waals surface area (Å²) in [5.41, 5.74) is 2.93. The van der Waals surface area contributed by atoms with E-state index in [4.69, 9.17) is 5.41 Å². The zero-order valence-corrected chi connectivity index (χ0v) is 18.2. The maximum absolute atomic E-state index is 13.1. The lowest BCUT2D eigenvalue weighted by molar-refractivity contribution is -0.123. The van der Waals surface area contributed by atoms with Crippen molar-refractivity contribution in [1.82, 2.24) is 9.97 Å². The van der Waals surface area contributed by atoms with E-state index in [2.05, 4.69) is 15.3 Å². The molecule has 0 spiro atoms. The summed E-state index contributed by atoms with van der Waals surface area (Å²) < 4.78 is 0. The number of benzene rings is 1. The molecule has 2 aliphatic rings. The molecule has 7 nitrogen and oxygen atoms in total. The zero-order valence-electron chi connectivity index (χ0n) is 18.2. The van der Waals surface area contributed by atoms with Gasteiger partial charge in [0.25, 0.3) is 0 Å². The number of nitrogens with zero attached hydrogens (tertiary/aromatic N) is 3. The first-order chi connectivity index (χ1) is 16.1. The van der Waals surface area contributed by atoms with Crippen LogP contribution in [0.1, 0.15) is 24.8 Å². The van der Waals surface area contributed by atoms with Crippen molar-refractivity contribution in [3.63, 3.8) is 0 Å². The Hall–Kier alpha value is -3.87. The van der Waals surface area contributed by atoms with Gasteiger partial charge in [-0.3, -0.25) is 14.6 Å². The molecule has 3 heterocycles. The second-order valence-electron chi connectivity index (χ2n) is 8.73. The molecule has 0 radical (unpaired) electrons. The normalized spacial score (nSPS) is 20.0. The summed E-state index contributed by atoms with van der Waals surface area (Å²) in [5.74, 6) is 0.502. The van der Waals surface area contributed by atoms with E-state index in [1.807, 2.05) is 36.4 Å². The standard InChI is InChI=1S/C26H25N5O2/c27-17-26(21-6-7-21)9-12-31(25(26)33)22-8-11-29-23(15-22)30-24(32)14-18-3-1-4-19(13-18)20-5-2-10-28-16-20/h1-5,8,10-11,13,15-17,21,27H,6-7,9,12,14H2,(H,29,30,32). The number of anilines is 2. The molecule has 7 heteroatoms. The van der Waals surface area contributed by atoms with Crippen molar-refractivity contribution >= 4 is 29.5 Å².